The summed E-state index contributed by atoms with van der Waals surface area (Å²) in [7, 11) is 0. The fourth-order valence-electron chi connectivity index (χ4n) is 1.24. The molecule has 3 N–H and O–H groups in total. The van der Waals surface area contributed by atoms with E-state index in [1.54, 1.807) is 19.1 Å². The number of thioether (sulfide) groups is 1. The van der Waals surface area contributed by atoms with Gasteiger partial charge in [-0.3, -0.25) is 4.79 Å². The van der Waals surface area contributed by atoms with E-state index in [4.69, 9.17) is 17.3 Å². The number of hydrogen-bond acceptors (Lipinski definition) is 3. The van der Waals surface area contributed by atoms with E-state index in [9.17, 15) is 4.79 Å². The molecule has 0 aliphatic heterocycles. The van der Waals surface area contributed by atoms with Gasteiger partial charge in [0.05, 0.1) is 16.3 Å². The summed E-state index contributed by atoms with van der Waals surface area (Å²) in [4.78, 5) is 18.3. The first-order chi connectivity index (χ1) is 7.56. The Morgan fingerprint density at radius 2 is 2.38 bits per heavy atom. The molecular weight excluding hydrogens is 246 g/mol. The summed E-state index contributed by atoms with van der Waals surface area (Å²) in [6.45, 7) is 1.74. The van der Waals surface area contributed by atoms with E-state index in [1.165, 1.54) is 11.8 Å². The largest absolute Gasteiger partial charge is 0.369 e. The molecule has 16 heavy (non-hydrogen) atoms. The zero-order chi connectivity index (χ0) is 11.7. The lowest BCUT2D eigenvalue weighted by molar-refractivity contribution is -0.117. The number of halogens is 1. The van der Waals surface area contributed by atoms with Gasteiger partial charge >= 0.3 is 0 Å². The van der Waals surface area contributed by atoms with Crippen LogP contribution in [-0.4, -0.2) is 21.1 Å². The average molecular weight is 256 g/mol. The Balaban J connectivity index is 2.29. The number of primary amides is 1. The summed E-state index contributed by atoms with van der Waals surface area (Å²) >= 11 is 7.15. The van der Waals surface area contributed by atoms with Crippen molar-refractivity contribution in [3.05, 3.63) is 23.2 Å². The number of carbonyl (C=O) groups excluding carboxylic acids is 1. The van der Waals surface area contributed by atoms with Crippen LogP contribution in [0.1, 0.15) is 6.92 Å². The number of H-pyrrole nitrogens is 1. The topological polar surface area (TPSA) is 71.8 Å². The lowest BCUT2D eigenvalue weighted by atomic mass is 10.3. The molecule has 2 rings (SSSR count). The quantitative estimate of drug-likeness (QED) is 0.826. The second kappa shape index (κ2) is 4.35. The van der Waals surface area contributed by atoms with Crippen molar-refractivity contribution in [3.8, 4) is 0 Å². The van der Waals surface area contributed by atoms with Gasteiger partial charge in [0, 0.05) is 5.02 Å². The van der Waals surface area contributed by atoms with Gasteiger partial charge in [0.15, 0.2) is 5.16 Å². The van der Waals surface area contributed by atoms with E-state index in [2.05, 4.69) is 9.97 Å². The molecular formula is C10H10ClN3OS. The van der Waals surface area contributed by atoms with Crippen molar-refractivity contribution in [2.75, 3.05) is 0 Å². The summed E-state index contributed by atoms with van der Waals surface area (Å²) in [5.41, 5.74) is 6.86. The van der Waals surface area contributed by atoms with E-state index in [1.807, 2.05) is 6.07 Å². The normalized spacial score (nSPS) is 12.9. The monoisotopic (exact) mass is 255 g/mol. The maximum absolute atomic E-state index is 10.9. The maximum Gasteiger partial charge on any atom is 0.230 e. The minimum absolute atomic E-state index is 0.309. The number of amides is 1. The Morgan fingerprint density at radius 3 is 3.06 bits per heavy atom. The van der Waals surface area contributed by atoms with Crippen molar-refractivity contribution in [2.45, 2.75) is 17.3 Å². The van der Waals surface area contributed by atoms with Gasteiger partial charge in [-0.15, -0.1) is 0 Å². The van der Waals surface area contributed by atoms with Crippen LogP contribution in [0.4, 0.5) is 0 Å². The lowest BCUT2D eigenvalue weighted by Gasteiger charge is -2.02. The highest BCUT2D eigenvalue weighted by Crippen LogP contribution is 2.24. The third-order valence-electron chi connectivity index (χ3n) is 2.11. The molecule has 0 unspecified atom stereocenters. The third-order valence-corrected chi connectivity index (χ3v) is 3.35. The number of imidazole rings is 1. The number of nitrogens with one attached hydrogen (secondary N) is 1. The zero-order valence-electron chi connectivity index (χ0n) is 8.53. The molecule has 0 aliphatic rings. The molecule has 0 bridgehead atoms. The van der Waals surface area contributed by atoms with Crippen LogP contribution in [0.25, 0.3) is 11.0 Å². The number of fused-ring (bicyclic) bond motifs is 1. The number of aromatic amines is 1. The Bertz CT molecular complexity index is 540. The SMILES string of the molecule is C[C@H](Sc1nc2ccc(Cl)cc2[nH]1)C(N)=O. The molecule has 0 aliphatic carbocycles. The number of aromatic nitrogens is 2. The van der Waals surface area contributed by atoms with E-state index in [-0.39, 0.29) is 11.2 Å². The molecule has 84 valence electrons. The van der Waals surface area contributed by atoms with Gasteiger partial charge < -0.3 is 10.7 Å². The fraction of sp³-hybridized carbons (Fsp3) is 0.200. The molecule has 0 radical (unpaired) electrons. The van der Waals surface area contributed by atoms with Crippen LogP contribution >= 0.6 is 23.4 Å². The minimum Gasteiger partial charge on any atom is -0.369 e. The molecule has 0 fully saturated rings. The number of benzene rings is 1. The average Bonchev–Trinajstić information content (AvgIpc) is 2.58. The number of nitrogens with two attached hydrogens (primary N) is 1. The lowest BCUT2D eigenvalue weighted by Crippen LogP contribution is -2.22. The van der Waals surface area contributed by atoms with E-state index in [0.717, 1.165) is 11.0 Å². The molecule has 1 aromatic heterocycles. The Labute approximate surface area is 102 Å². The minimum atomic E-state index is -0.358. The van der Waals surface area contributed by atoms with Crippen LogP contribution in [0.2, 0.25) is 5.02 Å². The first-order valence-electron chi connectivity index (χ1n) is 4.67. The predicted molar refractivity (Wildman–Crippen MR) is 65.6 cm³/mol. The first-order valence-corrected chi connectivity index (χ1v) is 5.93. The Hall–Kier alpha value is -1.20. The first kappa shape index (κ1) is 11.3. The van der Waals surface area contributed by atoms with Gasteiger partial charge in [-0.2, -0.15) is 0 Å². The summed E-state index contributed by atoms with van der Waals surface area (Å²) in [5, 5.41) is 1.01. The Morgan fingerprint density at radius 1 is 1.62 bits per heavy atom. The van der Waals surface area contributed by atoms with Gasteiger partial charge in [-0.1, -0.05) is 23.4 Å². The summed E-state index contributed by atoms with van der Waals surface area (Å²) in [5.74, 6) is -0.358. The highest BCUT2D eigenvalue weighted by Gasteiger charge is 2.13. The summed E-state index contributed by atoms with van der Waals surface area (Å²) in [6.07, 6.45) is 0. The molecule has 0 saturated carbocycles. The van der Waals surface area contributed by atoms with Gasteiger partial charge in [-0.25, -0.2) is 4.98 Å². The van der Waals surface area contributed by atoms with Crippen molar-refractivity contribution < 1.29 is 4.79 Å². The number of rotatable bonds is 3. The second-order valence-electron chi connectivity index (χ2n) is 3.37. The summed E-state index contributed by atoms with van der Waals surface area (Å²) in [6, 6.07) is 5.40. The zero-order valence-corrected chi connectivity index (χ0v) is 10.1. The van der Waals surface area contributed by atoms with Crippen LogP contribution < -0.4 is 5.73 Å². The molecule has 2 aromatic rings. The van der Waals surface area contributed by atoms with Crippen LogP contribution in [0.15, 0.2) is 23.4 Å². The van der Waals surface area contributed by atoms with Crippen molar-refractivity contribution in [3.63, 3.8) is 0 Å². The molecule has 0 spiro atoms. The summed E-state index contributed by atoms with van der Waals surface area (Å²) < 4.78 is 0. The number of hydrogen-bond donors (Lipinski definition) is 2. The molecule has 0 saturated heterocycles. The highest BCUT2D eigenvalue weighted by molar-refractivity contribution is 8.00. The van der Waals surface area contributed by atoms with Crippen LogP contribution in [0.3, 0.4) is 0 Å². The Kier molecular flexibility index (Phi) is 3.07. The molecule has 1 heterocycles. The van der Waals surface area contributed by atoms with Crippen LogP contribution in [0, 0.1) is 0 Å². The molecule has 6 heteroatoms. The van der Waals surface area contributed by atoms with Crippen molar-refractivity contribution in [2.24, 2.45) is 5.73 Å². The highest BCUT2D eigenvalue weighted by atomic mass is 35.5. The molecule has 1 aromatic carbocycles. The van der Waals surface area contributed by atoms with Gasteiger partial charge in [0.1, 0.15) is 0 Å². The molecule has 4 nitrogen and oxygen atoms in total. The fourth-order valence-corrected chi connectivity index (χ4v) is 2.18. The maximum atomic E-state index is 10.9. The van der Waals surface area contributed by atoms with Crippen molar-refractivity contribution in [1.29, 1.82) is 0 Å². The smallest absolute Gasteiger partial charge is 0.230 e. The van der Waals surface area contributed by atoms with Gasteiger partial charge in [0.2, 0.25) is 5.91 Å². The van der Waals surface area contributed by atoms with E-state index >= 15 is 0 Å². The number of nitrogens with zero attached hydrogens (tertiary/aromatic N) is 1. The molecule has 1 atom stereocenters. The van der Waals surface area contributed by atoms with Crippen molar-refractivity contribution in [1.82, 2.24) is 9.97 Å². The van der Waals surface area contributed by atoms with Gasteiger partial charge in [0.25, 0.3) is 0 Å². The second-order valence-corrected chi connectivity index (χ2v) is 5.13. The number of carbonyl (C=O) groups is 1. The van der Waals surface area contributed by atoms with E-state index in [0.29, 0.717) is 10.2 Å². The third kappa shape index (κ3) is 2.31. The van der Waals surface area contributed by atoms with Crippen molar-refractivity contribution >= 4 is 40.3 Å². The van der Waals surface area contributed by atoms with Crippen LogP contribution in [-0.2, 0) is 4.79 Å². The molecule has 1 amide bonds. The van der Waals surface area contributed by atoms with Gasteiger partial charge in [-0.05, 0) is 25.1 Å². The standard InChI is InChI=1S/C10H10ClN3OS/c1-5(9(12)15)16-10-13-7-3-2-6(11)4-8(7)14-10/h2-5H,1H3,(H2,12,15)(H,13,14)/t5-/m0/s1. The predicted octanol–water partition coefficient (Wildman–Crippen LogP) is 2.18. The van der Waals surface area contributed by atoms with E-state index < -0.39 is 0 Å². The van der Waals surface area contributed by atoms with Crippen LogP contribution in [0.5, 0.6) is 0 Å².